The minimum absolute atomic E-state index is 0.00120. The second kappa shape index (κ2) is 5.27. The normalized spacial score (nSPS) is 12.4. The Kier molecular flexibility index (Phi) is 4.23. The smallest absolute Gasteiger partial charge is 0.180 e. The molecule has 0 aromatic heterocycles. The van der Waals surface area contributed by atoms with Gasteiger partial charge in [0.2, 0.25) is 0 Å². The number of hydrogen-bond donors (Lipinski definition) is 0. The van der Waals surface area contributed by atoms with E-state index in [4.69, 9.17) is 0 Å². The highest BCUT2D eigenvalue weighted by molar-refractivity contribution is 6.73. The van der Waals surface area contributed by atoms with Crippen LogP contribution in [0.1, 0.15) is 12.5 Å². The van der Waals surface area contributed by atoms with Gasteiger partial charge in [0.15, 0.2) is 14.0 Å². The molecule has 0 heterocycles. The van der Waals surface area contributed by atoms with Crippen molar-refractivity contribution >= 4 is 19.7 Å². The maximum atomic E-state index is 11.7. The molecule has 92 valence electrons. The molecule has 1 rings (SSSR count). The Hall–Kier alpha value is -1.42. The number of nitrogens with zero attached hydrogens (tertiary/aromatic N) is 2. The molecule has 0 radical (unpaired) electrons. The van der Waals surface area contributed by atoms with Crippen LogP contribution in [0.5, 0.6) is 0 Å². The van der Waals surface area contributed by atoms with Crippen LogP contribution in [-0.4, -0.2) is 31.5 Å². The Morgan fingerprint density at radius 2 is 1.71 bits per heavy atom. The number of benzene rings is 1. The summed E-state index contributed by atoms with van der Waals surface area (Å²) in [5.74, 6) is 0.00120. The molecule has 1 aromatic carbocycles. The average molecular weight is 248 g/mol. The van der Waals surface area contributed by atoms with Crippen LogP contribution in [0.15, 0.2) is 35.4 Å². The average Bonchev–Trinajstić information content (AvgIpc) is 2.25. The van der Waals surface area contributed by atoms with Gasteiger partial charge in [-0.25, -0.2) is 0 Å². The minimum atomic E-state index is -1.51. The third kappa shape index (κ3) is 3.82. The summed E-state index contributed by atoms with van der Waals surface area (Å²) < 4.78 is 1.96. The van der Waals surface area contributed by atoms with Crippen molar-refractivity contribution in [2.24, 2.45) is 5.10 Å². The second-order valence-corrected chi connectivity index (χ2v) is 10.1. The third-order valence-corrected chi connectivity index (χ3v) is 4.64. The third-order valence-electron chi connectivity index (χ3n) is 2.60. The Morgan fingerprint density at radius 3 is 2.12 bits per heavy atom. The molecular weight excluding hydrogens is 228 g/mol. The number of carbonyl (C=O) groups excluding carboxylic acids is 1. The fraction of sp³-hybridized carbons (Fsp3) is 0.385. The van der Waals surface area contributed by atoms with Crippen LogP contribution in [0.2, 0.25) is 19.6 Å². The molecule has 0 fully saturated rings. The standard InChI is InChI=1S/C13H20N2OSi/c1-11(16)13(12-9-7-6-8-10-12)14-15(2)17(3,4)5/h6-10H,1-5H3/b14-13+. The summed E-state index contributed by atoms with van der Waals surface area (Å²) in [6, 6.07) is 9.60. The Balaban J connectivity index is 3.12. The monoisotopic (exact) mass is 248 g/mol. The topological polar surface area (TPSA) is 32.7 Å². The number of rotatable bonds is 4. The summed E-state index contributed by atoms with van der Waals surface area (Å²) in [5, 5.41) is 4.48. The molecule has 0 aliphatic rings. The lowest BCUT2D eigenvalue weighted by Gasteiger charge is -2.27. The predicted octanol–water partition coefficient (Wildman–Crippen LogP) is 2.75. The van der Waals surface area contributed by atoms with E-state index in [1.807, 2.05) is 42.1 Å². The number of hydrazone groups is 1. The summed E-state index contributed by atoms with van der Waals surface area (Å²) in [5.41, 5.74) is 1.42. The van der Waals surface area contributed by atoms with Crippen molar-refractivity contribution in [1.82, 2.24) is 4.67 Å². The van der Waals surface area contributed by atoms with Crippen molar-refractivity contribution in [2.75, 3.05) is 7.05 Å². The molecule has 0 atom stereocenters. The summed E-state index contributed by atoms with van der Waals surface area (Å²) in [4.78, 5) is 11.7. The molecule has 17 heavy (non-hydrogen) atoms. The van der Waals surface area contributed by atoms with Gasteiger partial charge in [-0.05, 0) is 0 Å². The maximum absolute atomic E-state index is 11.7. The Morgan fingerprint density at radius 1 is 1.18 bits per heavy atom. The largest absolute Gasteiger partial charge is 0.327 e. The molecule has 0 bridgehead atoms. The van der Waals surface area contributed by atoms with Crippen molar-refractivity contribution < 1.29 is 4.79 Å². The van der Waals surface area contributed by atoms with Gasteiger partial charge in [-0.3, -0.25) is 4.79 Å². The summed E-state index contributed by atoms with van der Waals surface area (Å²) in [6.07, 6.45) is 0. The molecule has 3 nitrogen and oxygen atoms in total. The first-order valence-electron chi connectivity index (χ1n) is 5.71. The van der Waals surface area contributed by atoms with E-state index in [1.165, 1.54) is 0 Å². The summed E-state index contributed by atoms with van der Waals surface area (Å²) >= 11 is 0. The fourth-order valence-corrected chi connectivity index (χ4v) is 1.63. The van der Waals surface area contributed by atoms with Crippen molar-refractivity contribution in [3.8, 4) is 0 Å². The highest BCUT2D eigenvalue weighted by atomic mass is 28.3. The van der Waals surface area contributed by atoms with Crippen LogP contribution < -0.4 is 0 Å². The van der Waals surface area contributed by atoms with Crippen LogP contribution in [0, 0.1) is 0 Å². The van der Waals surface area contributed by atoms with E-state index in [2.05, 4.69) is 24.7 Å². The van der Waals surface area contributed by atoms with Gasteiger partial charge in [-0.2, -0.15) is 5.10 Å². The Bertz CT molecular complexity index is 421. The molecule has 0 saturated heterocycles. The number of hydrogen-bond acceptors (Lipinski definition) is 3. The lowest BCUT2D eigenvalue weighted by Crippen LogP contribution is -2.40. The van der Waals surface area contributed by atoms with Crippen LogP contribution in [0.3, 0.4) is 0 Å². The highest BCUT2D eigenvalue weighted by Gasteiger charge is 2.20. The van der Waals surface area contributed by atoms with E-state index in [9.17, 15) is 4.79 Å². The molecule has 0 spiro atoms. The maximum Gasteiger partial charge on any atom is 0.180 e. The van der Waals surface area contributed by atoms with Gasteiger partial charge < -0.3 is 4.67 Å². The van der Waals surface area contributed by atoms with Crippen LogP contribution >= 0.6 is 0 Å². The van der Waals surface area contributed by atoms with Gasteiger partial charge in [0.1, 0.15) is 5.71 Å². The van der Waals surface area contributed by atoms with E-state index >= 15 is 0 Å². The van der Waals surface area contributed by atoms with Gasteiger partial charge >= 0.3 is 0 Å². The first-order valence-corrected chi connectivity index (χ1v) is 9.16. The molecule has 1 aromatic rings. The van der Waals surface area contributed by atoms with E-state index < -0.39 is 8.24 Å². The number of Topliss-reactive ketones (excluding diaryl/α,β-unsaturated/α-hetero) is 1. The van der Waals surface area contributed by atoms with Crippen LogP contribution in [0.25, 0.3) is 0 Å². The zero-order chi connectivity index (χ0) is 13.1. The second-order valence-electron chi connectivity index (χ2n) is 5.07. The summed E-state index contributed by atoms with van der Waals surface area (Å²) in [7, 11) is 0.434. The van der Waals surface area contributed by atoms with Crippen molar-refractivity contribution in [1.29, 1.82) is 0 Å². The summed E-state index contributed by atoms with van der Waals surface area (Å²) in [6.45, 7) is 8.14. The first-order chi connectivity index (χ1) is 7.82. The molecule has 0 aliphatic carbocycles. The van der Waals surface area contributed by atoms with Gasteiger partial charge in [-0.15, -0.1) is 0 Å². The lowest BCUT2D eigenvalue weighted by atomic mass is 10.1. The number of carbonyl (C=O) groups is 1. The van der Waals surface area contributed by atoms with Crippen molar-refractivity contribution in [2.45, 2.75) is 26.6 Å². The fourth-order valence-electron chi connectivity index (χ4n) is 1.23. The van der Waals surface area contributed by atoms with E-state index in [-0.39, 0.29) is 5.78 Å². The van der Waals surface area contributed by atoms with E-state index in [0.29, 0.717) is 5.71 Å². The molecule has 0 aliphatic heterocycles. The Labute approximate surface area is 104 Å². The van der Waals surface area contributed by atoms with Crippen molar-refractivity contribution in [3.05, 3.63) is 35.9 Å². The molecule has 0 amide bonds. The van der Waals surface area contributed by atoms with Gasteiger partial charge in [0, 0.05) is 19.5 Å². The van der Waals surface area contributed by atoms with E-state index in [1.54, 1.807) is 6.92 Å². The number of ketones is 1. The quantitative estimate of drug-likeness (QED) is 0.466. The zero-order valence-corrected chi connectivity index (χ0v) is 12.2. The SMILES string of the molecule is CC(=O)/C(=N\N(C)[Si](C)(C)C)c1ccccc1. The zero-order valence-electron chi connectivity index (χ0n) is 11.2. The predicted molar refractivity (Wildman–Crippen MR) is 74.8 cm³/mol. The molecular formula is C13H20N2OSi. The van der Waals surface area contributed by atoms with Gasteiger partial charge in [0.25, 0.3) is 0 Å². The molecule has 0 unspecified atom stereocenters. The van der Waals surface area contributed by atoms with Crippen LogP contribution in [-0.2, 0) is 4.79 Å². The van der Waals surface area contributed by atoms with Gasteiger partial charge in [0.05, 0.1) is 0 Å². The first kappa shape index (κ1) is 13.6. The van der Waals surface area contributed by atoms with E-state index in [0.717, 1.165) is 5.56 Å². The van der Waals surface area contributed by atoms with Crippen LogP contribution in [0.4, 0.5) is 0 Å². The molecule has 4 heteroatoms. The molecule has 0 N–H and O–H groups in total. The minimum Gasteiger partial charge on any atom is -0.327 e. The molecule has 0 saturated carbocycles. The lowest BCUT2D eigenvalue weighted by molar-refractivity contribution is -0.111. The van der Waals surface area contributed by atoms with Crippen molar-refractivity contribution in [3.63, 3.8) is 0 Å². The highest BCUT2D eigenvalue weighted by Crippen LogP contribution is 2.10. The van der Waals surface area contributed by atoms with Gasteiger partial charge in [-0.1, -0.05) is 50.0 Å².